The minimum absolute atomic E-state index is 0.0116. The molecule has 0 bridgehead atoms. The number of rotatable bonds is 2. The topological polar surface area (TPSA) is 61.9 Å². The highest BCUT2D eigenvalue weighted by atomic mass is 35.5. The number of urea groups is 1. The molecule has 0 radical (unpaired) electrons. The van der Waals surface area contributed by atoms with Gasteiger partial charge in [0.15, 0.2) is 0 Å². The van der Waals surface area contributed by atoms with Crippen molar-refractivity contribution in [3.05, 3.63) is 29.0 Å². The average Bonchev–Trinajstić information content (AvgIpc) is 2.92. The molecule has 0 saturated carbocycles. The van der Waals surface area contributed by atoms with E-state index in [-0.39, 0.29) is 17.0 Å². The molecule has 0 aliphatic carbocycles. The van der Waals surface area contributed by atoms with Crippen LogP contribution in [0.25, 0.3) is 0 Å². The SMILES string of the molecule is O=C(N[C@@H]1CCN(c2ccc(Cl)c(F)c2)C1=O)N1CCOCC1. The second-order valence-electron chi connectivity index (χ2n) is 5.48. The number of halogens is 2. The number of hydrogen-bond donors (Lipinski definition) is 1. The van der Waals surface area contributed by atoms with Crippen LogP contribution >= 0.6 is 11.6 Å². The van der Waals surface area contributed by atoms with Crippen LogP contribution in [0.5, 0.6) is 0 Å². The van der Waals surface area contributed by atoms with Gasteiger partial charge >= 0.3 is 6.03 Å². The maximum absolute atomic E-state index is 13.6. The first-order valence-corrected chi connectivity index (χ1v) is 7.83. The summed E-state index contributed by atoms with van der Waals surface area (Å²) in [5.74, 6) is -0.814. The Balaban J connectivity index is 1.64. The quantitative estimate of drug-likeness (QED) is 0.889. The molecule has 1 aromatic rings. The number of anilines is 1. The Morgan fingerprint density at radius 3 is 2.74 bits per heavy atom. The molecule has 0 unspecified atom stereocenters. The Morgan fingerprint density at radius 2 is 2.04 bits per heavy atom. The molecule has 1 N–H and O–H groups in total. The van der Waals surface area contributed by atoms with Gasteiger partial charge < -0.3 is 19.9 Å². The van der Waals surface area contributed by atoms with Gasteiger partial charge in [0.1, 0.15) is 11.9 Å². The zero-order valence-electron chi connectivity index (χ0n) is 12.4. The smallest absolute Gasteiger partial charge is 0.318 e. The number of carbonyl (C=O) groups excluding carboxylic acids is 2. The maximum Gasteiger partial charge on any atom is 0.318 e. The van der Waals surface area contributed by atoms with E-state index in [0.717, 1.165) is 0 Å². The van der Waals surface area contributed by atoms with Crippen LogP contribution in [-0.4, -0.2) is 55.7 Å². The lowest BCUT2D eigenvalue weighted by atomic mass is 10.2. The standard InChI is InChI=1S/C15H17ClFN3O3/c16-11-2-1-10(9-12(11)17)20-4-3-13(14(20)21)18-15(22)19-5-7-23-8-6-19/h1-2,9,13H,3-8H2,(H,18,22)/t13-/m1/s1. The maximum atomic E-state index is 13.6. The number of carbonyl (C=O) groups is 2. The zero-order chi connectivity index (χ0) is 16.4. The van der Waals surface area contributed by atoms with Gasteiger partial charge in [-0.2, -0.15) is 0 Å². The van der Waals surface area contributed by atoms with Gasteiger partial charge in [-0.05, 0) is 24.6 Å². The highest BCUT2D eigenvalue weighted by molar-refractivity contribution is 6.30. The molecule has 3 amide bonds. The lowest BCUT2D eigenvalue weighted by molar-refractivity contribution is -0.118. The van der Waals surface area contributed by atoms with Crippen LogP contribution in [0.3, 0.4) is 0 Å². The normalized spacial score (nSPS) is 21.7. The average molecular weight is 342 g/mol. The van der Waals surface area contributed by atoms with Crippen LogP contribution in [0.4, 0.5) is 14.9 Å². The number of nitrogens with zero attached hydrogens (tertiary/aromatic N) is 2. The lowest BCUT2D eigenvalue weighted by Crippen LogP contribution is -2.51. The van der Waals surface area contributed by atoms with Crippen LogP contribution in [0.2, 0.25) is 5.02 Å². The lowest BCUT2D eigenvalue weighted by Gasteiger charge is -2.28. The fraction of sp³-hybridized carbons (Fsp3) is 0.467. The summed E-state index contributed by atoms with van der Waals surface area (Å²) in [6, 6.07) is 3.38. The fourth-order valence-corrected chi connectivity index (χ4v) is 2.85. The summed E-state index contributed by atoms with van der Waals surface area (Å²) in [6.07, 6.45) is 0.485. The Hall–Kier alpha value is -1.86. The molecular weight excluding hydrogens is 325 g/mol. The van der Waals surface area contributed by atoms with Gasteiger partial charge in [-0.25, -0.2) is 9.18 Å². The van der Waals surface area contributed by atoms with E-state index in [1.807, 2.05) is 0 Å². The van der Waals surface area contributed by atoms with Crippen molar-refractivity contribution >= 4 is 29.2 Å². The number of amides is 3. The summed E-state index contributed by atoms with van der Waals surface area (Å²) in [5, 5.41) is 2.76. The van der Waals surface area contributed by atoms with E-state index in [4.69, 9.17) is 16.3 Å². The Bertz CT molecular complexity index is 622. The molecule has 23 heavy (non-hydrogen) atoms. The fourth-order valence-electron chi connectivity index (χ4n) is 2.73. The predicted octanol–water partition coefficient (Wildman–Crippen LogP) is 1.63. The summed E-state index contributed by atoms with van der Waals surface area (Å²) in [6.45, 7) is 2.45. The van der Waals surface area contributed by atoms with Crippen LogP contribution < -0.4 is 10.2 Å². The minimum atomic E-state index is -0.593. The molecule has 0 spiro atoms. The van der Waals surface area contributed by atoms with E-state index in [9.17, 15) is 14.0 Å². The second kappa shape index (κ2) is 6.72. The monoisotopic (exact) mass is 341 g/mol. The molecule has 124 valence electrons. The van der Waals surface area contributed by atoms with Crippen molar-refractivity contribution in [1.82, 2.24) is 10.2 Å². The van der Waals surface area contributed by atoms with Crippen LogP contribution in [0.1, 0.15) is 6.42 Å². The Labute approximate surface area is 138 Å². The van der Waals surface area contributed by atoms with E-state index < -0.39 is 11.9 Å². The third-order valence-electron chi connectivity index (χ3n) is 4.02. The van der Waals surface area contributed by atoms with Gasteiger partial charge in [0, 0.05) is 25.3 Å². The molecule has 8 heteroatoms. The van der Waals surface area contributed by atoms with Crippen LogP contribution in [-0.2, 0) is 9.53 Å². The van der Waals surface area contributed by atoms with Crippen molar-refractivity contribution in [2.75, 3.05) is 37.7 Å². The third-order valence-corrected chi connectivity index (χ3v) is 4.32. The van der Waals surface area contributed by atoms with Crippen molar-refractivity contribution < 1.29 is 18.7 Å². The first-order valence-electron chi connectivity index (χ1n) is 7.46. The second-order valence-corrected chi connectivity index (χ2v) is 5.89. The van der Waals surface area contributed by atoms with Crippen molar-refractivity contribution in [3.63, 3.8) is 0 Å². The van der Waals surface area contributed by atoms with E-state index in [1.54, 1.807) is 11.0 Å². The van der Waals surface area contributed by atoms with Crippen LogP contribution in [0.15, 0.2) is 18.2 Å². The molecule has 1 atom stereocenters. The molecule has 2 fully saturated rings. The van der Waals surface area contributed by atoms with E-state index in [1.165, 1.54) is 17.0 Å². The van der Waals surface area contributed by atoms with E-state index in [2.05, 4.69) is 5.32 Å². The highest BCUT2D eigenvalue weighted by Gasteiger charge is 2.35. The zero-order valence-corrected chi connectivity index (χ0v) is 13.2. The number of ether oxygens (including phenoxy) is 1. The first-order chi connectivity index (χ1) is 11.1. The minimum Gasteiger partial charge on any atom is -0.378 e. The summed E-state index contributed by atoms with van der Waals surface area (Å²) in [5.41, 5.74) is 0.444. The van der Waals surface area contributed by atoms with Gasteiger partial charge in [0.05, 0.1) is 18.2 Å². The van der Waals surface area contributed by atoms with Gasteiger partial charge in [-0.3, -0.25) is 4.79 Å². The van der Waals surface area contributed by atoms with Crippen LogP contribution in [0, 0.1) is 5.82 Å². The number of nitrogens with one attached hydrogen (secondary N) is 1. The summed E-state index contributed by atoms with van der Waals surface area (Å²) < 4.78 is 18.7. The largest absolute Gasteiger partial charge is 0.378 e. The molecule has 0 aromatic heterocycles. The summed E-state index contributed by atoms with van der Waals surface area (Å²) >= 11 is 5.66. The van der Waals surface area contributed by atoms with Gasteiger partial charge in [-0.15, -0.1) is 0 Å². The molecule has 2 aliphatic heterocycles. The van der Waals surface area contributed by atoms with Crippen molar-refractivity contribution in [2.24, 2.45) is 0 Å². The number of benzene rings is 1. The summed E-state index contributed by atoms with van der Waals surface area (Å²) in [7, 11) is 0. The van der Waals surface area contributed by atoms with Crippen molar-refractivity contribution in [3.8, 4) is 0 Å². The van der Waals surface area contributed by atoms with Gasteiger partial charge in [0.2, 0.25) is 5.91 Å². The van der Waals surface area contributed by atoms with Crippen molar-refractivity contribution in [1.29, 1.82) is 0 Å². The molecule has 6 nitrogen and oxygen atoms in total. The van der Waals surface area contributed by atoms with E-state index >= 15 is 0 Å². The van der Waals surface area contributed by atoms with Crippen molar-refractivity contribution in [2.45, 2.75) is 12.5 Å². The third kappa shape index (κ3) is 3.40. The Kier molecular flexibility index (Phi) is 4.68. The van der Waals surface area contributed by atoms with Gasteiger partial charge in [0.25, 0.3) is 0 Å². The highest BCUT2D eigenvalue weighted by Crippen LogP contribution is 2.25. The molecule has 1 aromatic carbocycles. The predicted molar refractivity (Wildman–Crippen MR) is 83.1 cm³/mol. The summed E-state index contributed by atoms with van der Waals surface area (Å²) in [4.78, 5) is 27.7. The Morgan fingerprint density at radius 1 is 1.30 bits per heavy atom. The molecule has 2 saturated heterocycles. The first kappa shape index (κ1) is 16.0. The number of hydrogen-bond acceptors (Lipinski definition) is 3. The van der Waals surface area contributed by atoms with E-state index in [0.29, 0.717) is 45.0 Å². The molecule has 3 rings (SSSR count). The molecule has 2 heterocycles. The molecular formula is C15H17ClFN3O3. The number of morpholine rings is 1. The van der Waals surface area contributed by atoms with Gasteiger partial charge in [-0.1, -0.05) is 11.6 Å². The molecule has 2 aliphatic rings.